The van der Waals surface area contributed by atoms with Crippen molar-refractivity contribution in [3.63, 3.8) is 0 Å². The summed E-state index contributed by atoms with van der Waals surface area (Å²) in [5, 5.41) is 14.0. The molecule has 4 rings (SSSR count). The van der Waals surface area contributed by atoms with Crippen LogP contribution < -0.4 is 4.90 Å². The molecule has 0 spiro atoms. The van der Waals surface area contributed by atoms with Crippen LogP contribution in [0, 0.1) is 6.92 Å². The van der Waals surface area contributed by atoms with Crippen LogP contribution in [-0.4, -0.2) is 81.9 Å². The normalized spacial score (nSPS) is 20.0. The smallest absolute Gasteiger partial charge is 0.344 e. The maximum absolute atomic E-state index is 12.7. The van der Waals surface area contributed by atoms with Crippen LogP contribution in [0.4, 0.5) is 10.5 Å². The van der Waals surface area contributed by atoms with Crippen LogP contribution in [-0.2, 0) is 6.54 Å². The molecule has 1 N–H and O–H groups in total. The fraction of sp³-hybridized carbons (Fsp3) is 0.500. The first-order valence-corrected chi connectivity index (χ1v) is 10.5. The fourth-order valence-electron chi connectivity index (χ4n) is 4.16. The maximum Gasteiger partial charge on any atom is 0.344 e. The first-order chi connectivity index (χ1) is 14.4. The highest BCUT2D eigenvalue weighted by Crippen LogP contribution is 2.27. The third-order valence-corrected chi connectivity index (χ3v) is 5.93. The van der Waals surface area contributed by atoms with Gasteiger partial charge in [0, 0.05) is 64.6 Å². The number of hydrogen-bond acceptors (Lipinski definition) is 6. The lowest BCUT2D eigenvalue weighted by molar-refractivity contribution is 0.101. The van der Waals surface area contributed by atoms with Gasteiger partial charge in [-0.3, -0.25) is 9.69 Å². The Labute approximate surface area is 176 Å². The van der Waals surface area contributed by atoms with E-state index < -0.39 is 0 Å². The van der Waals surface area contributed by atoms with Gasteiger partial charge in [-0.15, -0.1) is 0 Å². The summed E-state index contributed by atoms with van der Waals surface area (Å²) in [6.45, 7) is 8.73. The van der Waals surface area contributed by atoms with Crippen molar-refractivity contribution in [2.75, 3.05) is 44.2 Å². The quantitative estimate of drug-likeness (QED) is 0.772. The second-order valence-electron chi connectivity index (χ2n) is 8.27. The molecule has 1 aromatic heterocycles. The molecular formula is C22H29N5O3. The molecule has 0 radical (unpaired) electrons. The largest absolute Gasteiger partial charge is 0.391 e. The number of β-amino-alcohol motifs (C(OH)–C–C–N with tert-alkyl or cyclic N) is 1. The van der Waals surface area contributed by atoms with E-state index in [1.807, 2.05) is 0 Å². The van der Waals surface area contributed by atoms with Crippen LogP contribution >= 0.6 is 0 Å². The monoisotopic (exact) mass is 411 g/mol. The number of aryl methyl sites for hydroxylation is 1. The minimum atomic E-state index is -0.251. The van der Waals surface area contributed by atoms with Crippen LogP contribution in [0.15, 0.2) is 30.5 Å². The van der Waals surface area contributed by atoms with Crippen LogP contribution in [0.25, 0.3) is 0 Å². The predicted octanol–water partition coefficient (Wildman–Crippen LogP) is 1.75. The van der Waals surface area contributed by atoms with E-state index in [1.54, 1.807) is 17.2 Å². The van der Waals surface area contributed by atoms with Gasteiger partial charge in [0.15, 0.2) is 5.78 Å². The minimum Gasteiger partial charge on any atom is -0.391 e. The van der Waals surface area contributed by atoms with Crippen molar-refractivity contribution in [1.82, 2.24) is 19.6 Å². The number of aliphatic hydroxyl groups is 1. The van der Waals surface area contributed by atoms with Gasteiger partial charge in [0.05, 0.1) is 6.10 Å². The van der Waals surface area contributed by atoms with E-state index in [0.29, 0.717) is 25.3 Å². The SMILES string of the molecule is CC(=O)c1ccn(C(=O)N2CCN(Cc3ccc(C)cc3N3CC[C@H](O)C3)CC2)n1. The number of benzene rings is 1. The van der Waals surface area contributed by atoms with E-state index in [1.165, 1.54) is 28.4 Å². The first-order valence-electron chi connectivity index (χ1n) is 10.5. The summed E-state index contributed by atoms with van der Waals surface area (Å²) in [6, 6.07) is 7.90. The zero-order valence-electron chi connectivity index (χ0n) is 17.6. The number of anilines is 1. The molecule has 0 bridgehead atoms. The molecule has 0 aliphatic carbocycles. The Morgan fingerprint density at radius 3 is 2.53 bits per heavy atom. The Morgan fingerprint density at radius 1 is 1.13 bits per heavy atom. The summed E-state index contributed by atoms with van der Waals surface area (Å²) >= 11 is 0. The van der Waals surface area contributed by atoms with Gasteiger partial charge in [0.2, 0.25) is 0 Å². The van der Waals surface area contributed by atoms with Crippen molar-refractivity contribution in [3.05, 3.63) is 47.3 Å². The molecule has 0 unspecified atom stereocenters. The molecule has 2 aliphatic rings. The highest BCUT2D eigenvalue weighted by atomic mass is 16.3. The highest BCUT2D eigenvalue weighted by Gasteiger charge is 2.26. The topological polar surface area (TPSA) is 81.9 Å². The van der Waals surface area contributed by atoms with Gasteiger partial charge in [0.1, 0.15) is 5.69 Å². The van der Waals surface area contributed by atoms with E-state index >= 15 is 0 Å². The summed E-state index contributed by atoms with van der Waals surface area (Å²) in [7, 11) is 0. The van der Waals surface area contributed by atoms with Crippen molar-refractivity contribution in [1.29, 1.82) is 0 Å². The predicted molar refractivity (Wildman–Crippen MR) is 114 cm³/mol. The summed E-state index contributed by atoms with van der Waals surface area (Å²) in [5.41, 5.74) is 3.99. The Kier molecular flexibility index (Phi) is 5.87. The van der Waals surface area contributed by atoms with Crippen LogP contribution in [0.2, 0.25) is 0 Å². The summed E-state index contributed by atoms with van der Waals surface area (Å²) in [6.07, 6.45) is 2.11. The van der Waals surface area contributed by atoms with E-state index in [-0.39, 0.29) is 17.9 Å². The molecule has 2 aliphatic heterocycles. The van der Waals surface area contributed by atoms with E-state index in [0.717, 1.165) is 32.6 Å². The van der Waals surface area contributed by atoms with Gasteiger partial charge < -0.3 is 14.9 Å². The number of rotatable bonds is 4. The molecule has 1 amide bonds. The summed E-state index contributed by atoms with van der Waals surface area (Å²) < 4.78 is 1.25. The number of nitrogens with zero attached hydrogens (tertiary/aromatic N) is 5. The molecule has 30 heavy (non-hydrogen) atoms. The zero-order chi connectivity index (χ0) is 21.3. The second kappa shape index (κ2) is 8.57. The van der Waals surface area contributed by atoms with Crippen molar-refractivity contribution in [2.45, 2.75) is 32.9 Å². The Bertz CT molecular complexity index is 933. The first kappa shape index (κ1) is 20.6. The molecule has 160 valence electrons. The number of hydrogen-bond donors (Lipinski definition) is 1. The third-order valence-electron chi connectivity index (χ3n) is 5.93. The van der Waals surface area contributed by atoms with Gasteiger partial charge in [-0.25, -0.2) is 4.79 Å². The van der Waals surface area contributed by atoms with Crippen molar-refractivity contribution in [2.24, 2.45) is 0 Å². The molecule has 1 aromatic carbocycles. The van der Waals surface area contributed by atoms with Crippen molar-refractivity contribution in [3.8, 4) is 0 Å². The summed E-state index contributed by atoms with van der Waals surface area (Å²) in [5.74, 6) is -0.147. The van der Waals surface area contributed by atoms with E-state index in [4.69, 9.17) is 0 Å². The molecule has 0 saturated carbocycles. The van der Waals surface area contributed by atoms with Gasteiger partial charge in [0.25, 0.3) is 0 Å². The number of carbonyl (C=O) groups is 2. The van der Waals surface area contributed by atoms with Gasteiger partial charge in [-0.2, -0.15) is 9.78 Å². The number of piperazine rings is 1. The second-order valence-corrected chi connectivity index (χ2v) is 8.27. The molecule has 2 fully saturated rings. The van der Waals surface area contributed by atoms with Crippen molar-refractivity contribution >= 4 is 17.5 Å². The molecular weight excluding hydrogens is 382 g/mol. The third kappa shape index (κ3) is 4.39. The van der Waals surface area contributed by atoms with Gasteiger partial charge in [-0.1, -0.05) is 12.1 Å². The number of ketones is 1. The Balaban J connectivity index is 1.38. The van der Waals surface area contributed by atoms with Crippen LogP contribution in [0.1, 0.15) is 35.0 Å². The highest BCUT2D eigenvalue weighted by molar-refractivity contribution is 5.92. The molecule has 1 atom stereocenters. The van der Waals surface area contributed by atoms with Crippen LogP contribution in [0.3, 0.4) is 0 Å². The number of aliphatic hydroxyl groups excluding tert-OH is 1. The molecule has 2 aromatic rings. The zero-order valence-corrected chi connectivity index (χ0v) is 17.6. The average Bonchev–Trinajstić information content (AvgIpc) is 3.39. The molecule has 2 saturated heterocycles. The van der Waals surface area contributed by atoms with Gasteiger partial charge >= 0.3 is 6.03 Å². The minimum absolute atomic E-state index is 0.147. The lowest BCUT2D eigenvalue weighted by Gasteiger charge is -2.35. The standard InChI is InChI=1S/C22H29N5O3/c1-16-3-4-18(21(13-16)26-7-5-19(29)15-26)14-24-9-11-25(12-10-24)22(30)27-8-6-20(23-27)17(2)28/h3-4,6,8,13,19,29H,5,7,9-12,14-15H2,1-2H3/t19-/m0/s1. The average molecular weight is 412 g/mol. The Morgan fingerprint density at radius 2 is 1.90 bits per heavy atom. The molecule has 3 heterocycles. The van der Waals surface area contributed by atoms with E-state index in [2.05, 4.69) is 40.0 Å². The summed E-state index contributed by atoms with van der Waals surface area (Å²) in [4.78, 5) is 30.5. The number of Topliss-reactive ketones (excluding diaryl/α,β-unsaturated/α-hetero) is 1. The molecule has 8 heteroatoms. The maximum atomic E-state index is 12.7. The van der Waals surface area contributed by atoms with Crippen LogP contribution in [0.5, 0.6) is 0 Å². The number of amides is 1. The lowest BCUT2D eigenvalue weighted by Crippen LogP contribution is -2.49. The number of carbonyl (C=O) groups excluding carboxylic acids is 2. The lowest BCUT2D eigenvalue weighted by atomic mass is 10.1. The van der Waals surface area contributed by atoms with E-state index in [9.17, 15) is 14.7 Å². The fourth-order valence-corrected chi connectivity index (χ4v) is 4.16. The Hall–Kier alpha value is -2.71. The molecule has 8 nitrogen and oxygen atoms in total. The van der Waals surface area contributed by atoms with Crippen molar-refractivity contribution < 1.29 is 14.7 Å². The van der Waals surface area contributed by atoms with Gasteiger partial charge in [-0.05, 0) is 36.6 Å². The number of aromatic nitrogens is 2.